The number of barbiturate groups is 1. The first-order chi connectivity index (χ1) is 16.2. The third-order valence-corrected chi connectivity index (χ3v) is 7.25. The monoisotopic (exact) mass is 497 g/mol. The summed E-state index contributed by atoms with van der Waals surface area (Å²) in [5.41, 5.74) is -1.13. The molecule has 1 heterocycles. The molecule has 1 aliphatic heterocycles. The van der Waals surface area contributed by atoms with Gasteiger partial charge in [-0.15, -0.1) is 0 Å². The Bertz CT molecular complexity index is 945. The molecule has 1 saturated heterocycles. The zero-order chi connectivity index (χ0) is 24.5. The molecule has 0 bridgehead atoms. The van der Waals surface area contributed by atoms with E-state index in [2.05, 4.69) is 4.99 Å². The highest BCUT2D eigenvalue weighted by Crippen LogP contribution is 2.36. The topological polar surface area (TPSA) is 70.0 Å². The summed E-state index contributed by atoms with van der Waals surface area (Å²) in [7, 11) is 0. The van der Waals surface area contributed by atoms with E-state index in [9.17, 15) is 27.6 Å². The van der Waals surface area contributed by atoms with Crippen molar-refractivity contribution in [1.29, 1.82) is 0 Å². The summed E-state index contributed by atoms with van der Waals surface area (Å²) < 4.78 is 39.4. The number of nitrogens with zero attached hydrogens (tertiary/aromatic N) is 3. The van der Waals surface area contributed by atoms with Gasteiger partial charge in [0.15, 0.2) is 5.92 Å². The second-order valence-electron chi connectivity index (χ2n) is 9.20. The maximum atomic E-state index is 13.4. The van der Waals surface area contributed by atoms with Crippen LogP contribution in [-0.4, -0.2) is 45.9 Å². The average molecular weight is 498 g/mol. The molecule has 6 nitrogen and oxygen atoms in total. The highest BCUT2D eigenvalue weighted by Gasteiger charge is 2.50. The maximum absolute atomic E-state index is 13.4. The first-order valence-electron chi connectivity index (χ1n) is 11.8. The van der Waals surface area contributed by atoms with Crippen LogP contribution in [0.4, 0.5) is 23.7 Å². The van der Waals surface area contributed by atoms with Gasteiger partial charge in [0.2, 0.25) is 11.8 Å². The normalized spacial score (nSPS) is 22.3. The molecule has 2 saturated carbocycles. The molecule has 0 unspecified atom stereocenters. The van der Waals surface area contributed by atoms with Gasteiger partial charge < -0.3 is 0 Å². The molecular weight excluding hydrogens is 471 g/mol. The van der Waals surface area contributed by atoms with Crippen LogP contribution in [0.2, 0.25) is 5.02 Å². The quantitative estimate of drug-likeness (QED) is 0.371. The van der Waals surface area contributed by atoms with Crippen LogP contribution in [-0.2, 0) is 15.8 Å². The van der Waals surface area contributed by atoms with Crippen molar-refractivity contribution in [2.45, 2.75) is 82.5 Å². The molecule has 1 aromatic rings. The van der Waals surface area contributed by atoms with Crippen molar-refractivity contribution in [2.75, 3.05) is 0 Å². The molecule has 10 heteroatoms. The number of amides is 4. The standard InChI is InChI=1S/C24H27ClF3N3O3/c25-19-12-11-15(24(26,27)28)13-20(19)29-14-18-21(32)30(16-7-3-1-4-8-16)23(34)31(22(18)33)17-9-5-2-6-10-17/h11-14,16-18H,1-10H2. The Balaban J connectivity index is 1.68. The number of carbonyl (C=O) groups is 3. The molecule has 2 aliphatic carbocycles. The van der Waals surface area contributed by atoms with Crippen LogP contribution in [0.25, 0.3) is 0 Å². The van der Waals surface area contributed by atoms with E-state index < -0.39 is 35.5 Å². The van der Waals surface area contributed by atoms with E-state index in [1.807, 2.05) is 0 Å². The Labute approximate surface area is 201 Å². The fourth-order valence-corrected chi connectivity index (χ4v) is 5.30. The van der Waals surface area contributed by atoms with Crippen LogP contribution in [0.3, 0.4) is 0 Å². The number of aliphatic imine (C=N–C) groups is 1. The van der Waals surface area contributed by atoms with Gasteiger partial charge in [0.1, 0.15) is 0 Å². The van der Waals surface area contributed by atoms with Crippen molar-refractivity contribution in [3.63, 3.8) is 0 Å². The molecule has 4 amide bonds. The minimum atomic E-state index is -4.59. The van der Waals surface area contributed by atoms with Crippen LogP contribution in [0.15, 0.2) is 23.2 Å². The Morgan fingerprint density at radius 2 is 1.35 bits per heavy atom. The summed E-state index contributed by atoms with van der Waals surface area (Å²) in [6, 6.07) is 1.54. The average Bonchev–Trinajstić information content (AvgIpc) is 2.80. The Hall–Kier alpha value is -2.42. The fourth-order valence-electron chi connectivity index (χ4n) is 5.13. The number of rotatable bonds is 4. The number of hydrogen-bond acceptors (Lipinski definition) is 4. The van der Waals surface area contributed by atoms with Crippen LogP contribution in [0.5, 0.6) is 0 Å². The number of hydrogen-bond donors (Lipinski definition) is 0. The molecule has 3 aliphatic rings. The molecule has 184 valence electrons. The van der Waals surface area contributed by atoms with E-state index in [4.69, 9.17) is 11.6 Å². The third kappa shape index (κ3) is 4.99. The lowest BCUT2D eigenvalue weighted by molar-refractivity contribution is -0.149. The van der Waals surface area contributed by atoms with Crippen molar-refractivity contribution >= 4 is 41.3 Å². The predicted molar refractivity (Wildman–Crippen MR) is 121 cm³/mol. The number of carbonyl (C=O) groups excluding carboxylic acids is 3. The Morgan fingerprint density at radius 3 is 1.82 bits per heavy atom. The highest BCUT2D eigenvalue weighted by molar-refractivity contribution is 6.33. The number of alkyl halides is 3. The zero-order valence-corrected chi connectivity index (χ0v) is 19.4. The molecular formula is C24H27ClF3N3O3. The van der Waals surface area contributed by atoms with Gasteiger partial charge in [-0.25, -0.2) is 4.79 Å². The first kappa shape index (κ1) is 24.7. The summed E-state index contributed by atoms with van der Waals surface area (Å²) >= 11 is 6.03. The molecule has 0 radical (unpaired) electrons. The minimum absolute atomic E-state index is 0.0377. The van der Waals surface area contributed by atoms with E-state index in [0.717, 1.165) is 62.9 Å². The molecule has 34 heavy (non-hydrogen) atoms. The van der Waals surface area contributed by atoms with Crippen LogP contribution >= 0.6 is 11.6 Å². The van der Waals surface area contributed by atoms with Gasteiger partial charge in [-0.05, 0) is 43.9 Å². The summed E-state index contributed by atoms with van der Waals surface area (Å²) in [5, 5.41) is -0.0377. The second-order valence-corrected chi connectivity index (χ2v) is 9.61. The van der Waals surface area contributed by atoms with Crippen molar-refractivity contribution in [3.05, 3.63) is 28.8 Å². The molecule has 0 aromatic heterocycles. The van der Waals surface area contributed by atoms with Gasteiger partial charge in [-0.1, -0.05) is 50.1 Å². The van der Waals surface area contributed by atoms with Gasteiger partial charge in [0, 0.05) is 18.3 Å². The number of halogens is 4. The molecule has 0 spiro atoms. The second kappa shape index (κ2) is 10.1. The molecule has 0 N–H and O–H groups in total. The van der Waals surface area contributed by atoms with Crippen LogP contribution in [0, 0.1) is 5.92 Å². The summed E-state index contributed by atoms with van der Waals surface area (Å²) in [4.78, 5) is 46.6. The lowest BCUT2D eigenvalue weighted by Crippen LogP contribution is -2.65. The van der Waals surface area contributed by atoms with Crippen LogP contribution in [0.1, 0.15) is 69.8 Å². The lowest BCUT2D eigenvalue weighted by Gasteiger charge is -2.44. The molecule has 1 aromatic carbocycles. The van der Waals surface area contributed by atoms with Gasteiger partial charge in [0.25, 0.3) is 0 Å². The first-order valence-corrected chi connectivity index (χ1v) is 12.2. The Kier molecular flexibility index (Phi) is 7.31. The zero-order valence-electron chi connectivity index (χ0n) is 18.7. The summed E-state index contributed by atoms with van der Waals surface area (Å²) in [6.07, 6.45) is 4.75. The van der Waals surface area contributed by atoms with Crippen molar-refractivity contribution in [2.24, 2.45) is 10.9 Å². The largest absolute Gasteiger partial charge is 0.416 e. The minimum Gasteiger partial charge on any atom is -0.273 e. The molecule has 3 fully saturated rings. The number of urea groups is 1. The van der Waals surface area contributed by atoms with Crippen molar-refractivity contribution in [3.8, 4) is 0 Å². The van der Waals surface area contributed by atoms with Crippen molar-refractivity contribution < 1.29 is 27.6 Å². The third-order valence-electron chi connectivity index (χ3n) is 6.93. The van der Waals surface area contributed by atoms with Crippen LogP contribution < -0.4 is 0 Å². The Morgan fingerprint density at radius 1 is 0.853 bits per heavy atom. The van der Waals surface area contributed by atoms with E-state index >= 15 is 0 Å². The van der Waals surface area contributed by atoms with E-state index in [-0.39, 0.29) is 22.8 Å². The van der Waals surface area contributed by atoms with E-state index in [0.29, 0.717) is 25.7 Å². The smallest absolute Gasteiger partial charge is 0.273 e. The highest BCUT2D eigenvalue weighted by atomic mass is 35.5. The predicted octanol–water partition coefficient (Wildman–Crippen LogP) is 6.13. The van der Waals surface area contributed by atoms with E-state index in [1.165, 1.54) is 9.80 Å². The SMILES string of the molecule is O=C1C(C=Nc2cc(C(F)(F)F)ccc2Cl)C(=O)N(C2CCCCC2)C(=O)N1C1CCCCC1. The molecule has 4 rings (SSSR count). The van der Waals surface area contributed by atoms with Gasteiger partial charge >= 0.3 is 12.2 Å². The lowest BCUT2D eigenvalue weighted by atomic mass is 9.90. The van der Waals surface area contributed by atoms with Gasteiger partial charge in [-0.2, -0.15) is 13.2 Å². The number of imide groups is 2. The number of benzene rings is 1. The maximum Gasteiger partial charge on any atom is 0.416 e. The van der Waals surface area contributed by atoms with Gasteiger partial charge in [-0.3, -0.25) is 24.4 Å². The summed E-state index contributed by atoms with van der Waals surface area (Å²) in [5.74, 6) is -2.71. The summed E-state index contributed by atoms with van der Waals surface area (Å²) in [6.45, 7) is 0. The fraction of sp³-hybridized carbons (Fsp3) is 0.583. The van der Waals surface area contributed by atoms with Crippen molar-refractivity contribution in [1.82, 2.24) is 9.80 Å². The van der Waals surface area contributed by atoms with Gasteiger partial charge in [0.05, 0.1) is 16.3 Å². The van der Waals surface area contributed by atoms with E-state index in [1.54, 1.807) is 0 Å². The molecule has 0 atom stereocenters.